The molecule has 1 aromatic heterocycles. The van der Waals surface area contributed by atoms with Crippen LogP contribution in [0.2, 0.25) is 0 Å². The SMILES string of the molecule is BC1(Cc2ccc(OCC(=O)c3ccc(CC)cn3)cc2)SC(=O)NC1=O. The molecule has 6 nitrogen and oxygen atoms in total. The van der Waals surface area contributed by atoms with E-state index in [0.717, 1.165) is 29.3 Å². The number of imide groups is 1. The Bertz CT molecular complexity index is 870. The van der Waals surface area contributed by atoms with Crippen molar-refractivity contribution in [2.45, 2.75) is 24.4 Å². The second-order valence-corrected chi connectivity index (χ2v) is 7.99. The van der Waals surface area contributed by atoms with Gasteiger partial charge < -0.3 is 4.74 Å². The number of Topliss-reactive ketones (excluding diaryl/α,β-unsaturated/α-hetero) is 1. The third-order valence-electron chi connectivity index (χ3n) is 4.37. The Hall–Kier alpha value is -2.61. The van der Waals surface area contributed by atoms with Gasteiger partial charge in [0.2, 0.25) is 11.7 Å². The lowest BCUT2D eigenvalue weighted by atomic mass is 9.80. The molecule has 1 unspecified atom stereocenters. The monoisotopic (exact) mass is 382 g/mol. The fourth-order valence-electron chi connectivity index (χ4n) is 2.73. The highest BCUT2D eigenvalue weighted by atomic mass is 32.2. The second kappa shape index (κ2) is 7.96. The zero-order chi connectivity index (χ0) is 19.4. The topological polar surface area (TPSA) is 85.4 Å². The van der Waals surface area contributed by atoms with Gasteiger partial charge in [0, 0.05) is 6.20 Å². The fraction of sp³-hybridized carbons (Fsp3) is 0.263. The smallest absolute Gasteiger partial charge is 0.285 e. The van der Waals surface area contributed by atoms with E-state index in [9.17, 15) is 14.4 Å². The van der Waals surface area contributed by atoms with E-state index in [1.165, 1.54) is 0 Å². The summed E-state index contributed by atoms with van der Waals surface area (Å²) >= 11 is 1.01. The first-order chi connectivity index (χ1) is 12.9. The summed E-state index contributed by atoms with van der Waals surface area (Å²) in [4.78, 5) is 39.6. The summed E-state index contributed by atoms with van der Waals surface area (Å²) in [7, 11) is 1.75. The minimum absolute atomic E-state index is 0.0949. The number of pyridine rings is 1. The number of hydrogen-bond acceptors (Lipinski definition) is 6. The van der Waals surface area contributed by atoms with Gasteiger partial charge in [0.05, 0.1) is 4.65 Å². The number of hydrogen-bond donors (Lipinski definition) is 1. The molecular formula is C19H19BN2O4S. The van der Waals surface area contributed by atoms with E-state index >= 15 is 0 Å². The normalized spacial score (nSPS) is 19.0. The van der Waals surface area contributed by atoms with Gasteiger partial charge in [-0.05, 0) is 42.2 Å². The largest absolute Gasteiger partial charge is 0.485 e. The van der Waals surface area contributed by atoms with Gasteiger partial charge in [-0.25, -0.2) is 0 Å². The summed E-state index contributed by atoms with van der Waals surface area (Å²) in [5.74, 6) is 0.0961. The van der Waals surface area contributed by atoms with E-state index in [1.807, 2.05) is 25.1 Å². The molecule has 0 radical (unpaired) electrons. The van der Waals surface area contributed by atoms with E-state index in [0.29, 0.717) is 17.9 Å². The maximum absolute atomic E-state index is 12.2. The van der Waals surface area contributed by atoms with Crippen LogP contribution in [0.1, 0.15) is 28.5 Å². The molecule has 1 saturated heterocycles. The number of amides is 2. The first-order valence-corrected chi connectivity index (χ1v) is 9.45. The number of ketones is 1. The van der Waals surface area contributed by atoms with Crippen LogP contribution in [-0.2, 0) is 17.6 Å². The number of ether oxygens (including phenoxy) is 1. The van der Waals surface area contributed by atoms with E-state index in [1.54, 1.807) is 32.2 Å². The Labute approximate surface area is 162 Å². The van der Waals surface area contributed by atoms with Crippen LogP contribution in [0.3, 0.4) is 0 Å². The predicted octanol–water partition coefficient (Wildman–Crippen LogP) is 1.76. The zero-order valence-electron chi connectivity index (χ0n) is 15.2. The van der Waals surface area contributed by atoms with Crippen molar-refractivity contribution in [3.8, 4) is 5.75 Å². The average Bonchev–Trinajstić information content (AvgIpc) is 2.92. The van der Waals surface area contributed by atoms with Crippen LogP contribution in [-0.4, -0.2) is 41.0 Å². The van der Waals surface area contributed by atoms with E-state index in [2.05, 4.69) is 10.3 Å². The lowest BCUT2D eigenvalue weighted by Gasteiger charge is -2.18. The summed E-state index contributed by atoms with van der Waals surface area (Å²) < 4.78 is 4.74. The molecule has 1 fully saturated rings. The molecule has 8 heteroatoms. The van der Waals surface area contributed by atoms with Gasteiger partial charge in [-0.15, -0.1) is 0 Å². The number of nitrogens with zero attached hydrogens (tertiary/aromatic N) is 1. The molecule has 1 aromatic carbocycles. The van der Waals surface area contributed by atoms with Crippen LogP contribution in [0, 0.1) is 0 Å². The fourth-order valence-corrected chi connectivity index (χ4v) is 3.67. The highest BCUT2D eigenvalue weighted by Crippen LogP contribution is 2.32. The number of aromatic nitrogens is 1. The van der Waals surface area contributed by atoms with Crippen LogP contribution in [0.15, 0.2) is 42.6 Å². The molecule has 3 rings (SSSR count). The maximum Gasteiger partial charge on any atom is 0.285 e. The third kappa shape index (κ3) is 4.57. The summed E-state index contributed by atoms with van der Waals surface area (Å²) in [5.41, 5.74) is 2.36. The van der Waals surface area contributed by atoms with Crippen LogP contribution < -0.4 is 10.1 Å². The third-order valence-corrected chi connectivity index (χ3v) is 5.43. The second-order valence-electron chi connectivity index (χ2n) is 6.51. The molecule has 0 saturated carbocycles. The molecule has 0 aliphatic carbocycles. The van der Waals surface area contributed by atoms with Crippen molar-refractivity contribution in [2.75, 3.05) is 6.61 Å². The molecule has 2 aromatic rings. The Kier molecular flexibility index (Phi) is 5.65. The van der Waals surface area contributed by atoms with E-state index in [-0.39, 0.29) is 23.5 Å². The minimum atomic E-state index is -0.800. The number of carbonyl (C=O) groups is 3. The molecule has 1 aliphatic heterocycles. The molecule has 138 valence electrons. The number of thioether (sulfide) groups is 1. The number of aryl methyl sites for hydroxylation is 1. The first kappa shape index (κ1) is 19.2. The summed E-state index contributed by atoms with van der Waals surface area (Å²) in [5, 5.41) is 1.99. The van der Waals surface area contributed by atoms with Gasteiger partial charge in [0.1, 0.15) is 19.3 Å². The number of rotatable bonds is 7. The molecule has 27 heavy (non-hydrogen) atoms. The molecule has 1 atom stereocenters. The van der Waals surface area contributed by atoms with E-state index < -0.39 is 4.65 Å². The Balaban J connectivity index is 1.56. The maximum atomic E-state index is 12.2. The van der Waals surface area contributed by atoms with Crippen LogP contribution in [0.5, 0.6) is 5.75 Å². The van der Waals surface area contributed by atoms with Crippen molar-refractivity contribution in [3.05, 3.63) is 59.4 Å². The van der Waals surface area contributed by atoms with Crippen molar-refractivity contribution in [2.24, 2.45) is 0 Å². The van der Waals surface area contributed by atoms with Crippen LogP contribution in [0.4, 0.5) is 4.79 Å². The Morgan fingerprint density at radius 2 is 1.89 bits per heavy atom. The van der Waals surface area contributed by atoms with E-state index in [4.69, 9.17) is 4.74 Å². The van der Waals surface area contributed by atoms with Gasteiger partial charge in [-0.3, -0.25) is 24.7 Å². The van der Waals surface area contributed by atoms with Crippen molar-refractivity contribution in [1.29, 1.82) is 0 Å². The molecule has 1 N–H and O–H groups in total. The lowest BCUT2D eigenvalue weighted by Crippen LogP contribution is -2.38. The van der Waals surface area contributed by atoms with Crippen molar-refractivity contribution < 1.29 is 19.1 Å². The minimum Gasteiger partial charge on any atom is -0.485 e. The highest BCUT2D eigenvalue weighted by molar-refractivity contribution is 8.17. The standard InChI is InChI=1S/C19H19BN2O4S/c1-2-12-5-8-15(21-10-12)16(23)11-26-14-6-3-13(4-7-14)9-19(20)17(24)22-18(25)27-19/h3-8,10H,2,9,11,20H2,1H3,(H,22,24,25). The van der Waals surface area contributed by atoms with Gasteiger partial charge in [0.15, 0.2) is 6.61 Å². The van der Waals surface area contributed by atoms with Crippen molar-refractivity contribution in [3.63, 3.8) is 0 Å². The molecule has 1 aliphatic rings. The van der Waals surface area contributed by atoms with Gasteiger partial charge in [0.25, 0.3) is 5.24 Å². The van der Waals surface area contributed by atoms with Crippen molar-refractivity contribution >= 4 is 36.5 Å². The molecular weight excluding hydrogens is 363 g/mol. The Morgan fingerprint density at radius 1 is 1.19 bits per heavy atom. The molecule has 0 bridgehead atoms. The van der Waals surface area contributed by atoms with Gasteiger partial charge in [-0.1, -0.05) is 36.9 Å². The Morgan fingerprint density at radius 3 is 2.44 bits per heavy atom. The average molecular weight is 382 g/mol. The number of benzene rings is 1. The van der Waals surface area contributed by atoms with Crippen LogP contribution in [0.25, 0.3) is 0 Å². The predicted molar refractivity (Wildman–Crippen MR) is 106 cm³/mol. The molecule has 2 heterocycles. The highest BCUT2D eigenvalue weighted by Gasteiger charge is 2.43. The van der Waals surface area contributed by atoms with Crippen molar-refractivity contribution in [1.82, 2.24) is 10.3 Å². The zero-order valence-corrected chi connectivity index (χ0v) is 16.0. The number of nitrogens with one attached hydrogen (secondary N) is 1. The molecule has 2 amide bonds. The molecule has 0 spiro atoms. The summed E-state index contributed by atoms with van der Waals surface area (Å²) in [6.07, 6.45) is 3.00. The van der Waals surface area contributed by atoms with Crippen LogP contribution >= 0.6 is 11.8 Å². The first-order valence-electron chi connectivity index (χ1n) is 8.64. The van der Waals surface area contributed by atoms with Gasteiger partial charge >= 0.3 is 0 Å². The summed E-state index contributed by atoms with van der Waals surface area (Å²) in [6.45, 7) is 1.93. The quantitative estimate of drug-likeness (QED) is 0.580. The lowest BCUT2D eigenvalue weighted by molar-refractivity contribution is -0.119. The number of carbonyl (C=O) groups excluding carboxylic acids is 3. The van der Waals surface area contributed by atoms with Gasteiger partial charge in [-0.2, -0.15) is 0 Å². The summed E-state index contributed by atoms with van der Waals surface area (Å²) in [6, 6.07) is 10.8.